The number of carbonyl (C=O) groups is 2. The van der Waals surface area contributed by atoms with E-state index >= 15 is 0 Å². The Morgan fingerprint density at radius 2 is 1.64 bits per heavy atom. The first-order valence-electron chi connectivity index (χ1n) is 8.84. The van der Waals surface area contributed by atoms with Gasteiger partial charge in [-0.3, -0.25) is 4.79 Å². The minimum atomic E-state index is -0.456. The summed E-state index contributed by atoms with van der Waals surface area (Å²) in [6.07, 6.45) is 0. The van der Waals surface area contributed by atoms with Gasteiger partial charge in [0.25, 0.3) is 5.91 Å². The summed E-state index contributed by atoms with van der Waals surface area (Å²) in [5.41, 5.74) is 3.19. The van der Waals surface area contributed by atoms with Gasteiger partial charge in [-0.25, -0.2) is 4.79 Å². The summed E-state index contributed by atoms with van der Waals surface area (Å²) in [7, 11) is 1.32. The molecule has 5 nitrogen and oxygen atoms in total. The highest BCUT2D eigenvalue weighted by molar-refractivity contribution is 6.07. The van der Waals surface area contributed by atoms with E-state index in [4.69, 9.17) is 9.47 Å². The molecule has 3 rings (SSSR count). The molecule has 1 amide bonds. The molecular formula is C23H21NO4. The molecule has 1 N–H and O–H groups in total. The normalized spacial score (nSPS) is 10.2. The molecule has 3 aromatic rings. The van der Waals surface area contributed by atoms with Crippen molar-refractivity contribution in [2.45, 2.75) is 13.5 Å². The maximum atomic E-state index is 12.8. The highest BCUT2D eigenvalue weighted by Crippen LogP contribution is 2.23. The van der Waals surface area contributed by atoms with Gasteiger partial charge >= 0.3 is 5.97 Å². The summed E-state index contributed by atoms with van der Waals surface area (Å²) in [5, 5.41) is 2.86. The van der Waals surface area contributed by atoms with Gasteiger partial charge in [-0.1, -0.05) is 48.5 Å². The number of para-hydroxylation sites is 1. The lowest BCUT2D eigenvalue weighted by Crippen LogP contribution is -2.15. The molecule has 0 atom stereocenters. The number of carbonyl (C=O) groups excluding carboxylic acids is 2. The number of amides is 1. The third kappa shape index (κ3) is 4.57. The fourth-order valence-corrected chi connectivity index (χ4v) is 2.71. The van der Waals surface area contributed by atoms with E-state index in [-0.39, 0.29) is 5.91 Å². The SMILES string of the molecule is COC(=O)c1ccc(C)c(NC(=O)c2ccccc2OCc2ccccc2)c1. The van der Waals surface area contributed by atoms with Gasteiger partial charge < -0.3 is 14.8 Å². The fraction of sp³-hybridized carbons (Fsp3) is 0.130. The largest absolute Gasteiger partial charge is 0.488 e. The van der Waals surface area contributed by atoms with Crippen molar-refractivity contribution in [2.24, 2.45) is 0 Å². The average molecular weight is 375 g/mol. The van der Waals surface area contributed by atoms with Gasteiger partial charge in [-0.05, 0) is 42.3 Å². The van der Waals surface area contributed by atoms with Crippen molar-refractivity contribution in [3.8, 4) is 5.75 Å². The van der Waals surface area contributed by atoms with Crippen LogP contribution in [-0.4, -0.2) is 19.0 Å². The third-order valence-electron chi connectivity index (χ3n) is 4.28. The van der Waals surface area contributed by atoms with Gasteiger partial charge in [0.15, 0.2) is 0 Å². The van der Waals surface area contributed by atoms with Crippen molar-refractivity contribution < 1.29 is 19.1 Å². The van der Waals surface area contributed by atoms with Gasteiger partial charge in [0.1, 0.15) is 12.4 Å². The lowest BCUT2D eigenvalue weighted by molar-refractivity contribution is 0.0600. The number of hydrogen-bond acceptors (Lipinski definition) is 4. The zero-order valence-electron chi connectivity index (χ0n) is 15.8. The summed E-state index contributed by atoms with van der Waals surface area (Å²) in [6, 6.07) is 21.8. The van der Waals surface area contributed by atoms with Gasteiger partial charge in [0.05, 0.1) is 18.2 Å². The van der Waals surface area contributed by atoms with Crippen LogP contribution in [0.5, 0.6) is 5.75 Å². The van der Waals surface area contributed by atoms with Crippen molar-refractivity contribution in [3.63, 3.8) is 0 Å². The molecule has 0 radical (unpaired) electrons. The molecule has 0 heterocycles. The summed E-state index contributed by atoms with van der Waals surface area (Å²) < 4.78 is 10.6. The molecule has 0 saturated carbocycles. The Bertz CT molecular complexity index is 983. The molecule has 0 aromatic heterocycles. The maximum absolute atomic E-state index is 12.8. The zero-order valence-corrected chi connectivity index (χ0v) is 15.8. The lowest BCUT2D eigenvalue weighted by atomic mass is 10.1. The minimum Gasteiger partial charge on any atom is -0.488 e. The maximum Gasteiger partial charge on any atom is 0.337 e. The molecule has 0 saturated heterocycles. The second-order valence-corrected chi connectivity index (χ2v) is 6.25. The van der Waals surface area contributed by atoms with E-state index in [0.717, 1.165) is 11.1 Å². The van der Waals surface area contributed by atoms with Crippen molar-refractivity contribution in [3.05, 3.63) is 95.1 Å². The summed E-state index contributed by atoms with van der Waals surface area (Å²) in [5.74, 6) is -0.276. The number of hydrogen-bond donors (Lipinski definition) is 1. The molecule has 142 valence electrons. The minimum absolute atomic E-state index is 0.311. The first-order chi connectivity index (χ1) is 13.6. The van der Waals surface area contributed by atoms with Crippen LogP contribution in [0.1, 0.15) is 31.8 Å². The number of rotatable bonds is 6. The van der Waals surface area contributed by atoms with Crippen molar-refractivity contribution in [1.29, 1.82) is 0 Å². The molecule has 0 unspecified atom stereocenters. The van der Waals surface area contributed by atoms with Crippen molar-refractivity contribution >= 4 is 17.6 Å². The Hall–Kier alpha value is -3.60. The molecule has 3 aromatic carbocycles. The number of methoxy groups -OCH3 is 1. The van der Waals surface area contributed by atoms with Gasteiger partial charge in [-0.15, -0.1) is 0 Å². The van der Waals surface area contributed by atoms with Gasteiger partial charge in [0, 0.05) is 5.69 Å². The molecule has 5 heteroatoms. The standard InChI is InChI=1S/C23H21NO4/c1-16-12-13-18(23(26)27-2)14-20(16)24-22(25)19-10-6-7-11-21(19)28-15-17-8-4-3-5-9-17/h3-14H,15H2,1-2H3,(H,24,25). The summed E-state index contributed by atoms with van der Waals surface area (Å²) in [4.78, 5) is 24.6. The Morgan fingerprint density at radius 3 is 2.39 bits per heavy atom. The van der Waals surface area contributed by atoms with Crippen LogP contribution in [0.3, 0.4) is 0 Å². The Kier molecular flexibility index (Phi) is 6.07. The van der Waals surface area contributed by atoms with Crippen LogP contribution in [-0.2, 0) is 11.3 Å². The monoisotopic (exact) mass is 375 g/mol. The average Bonchev–Trinajstić information content (AvgIpc) is 2.74. The molecule has 0 aliphatic heterocycles. The predicted octanol–water partition coefficient (Wildman–Crippen LogP) is 4.61. The van der Waals surface area contributed by atoms with Gasteiger partial charge in [0.2, 0.25) is 0 Å². The summed E-state index contributed by atoms with van der Waals surface area (Å²) >= 11 is 0. The molecule has 0 aliphatic rings. The second kappa shape index (κ2) is 8.86. The fourth-order valence-electron chi connectivity index (χ4n) is 2.71. The smallest absolute Gasteiger partial charge is 0.337 e. The van der Waals surface area contributed by atoms with E-state index in [0.29, 0.717) is 29.2 Å². The Morgan fingerprint density at radius 1 is 0.929 bits per heavy atom. The van der Waals surface area contributed by atoms with E-state index in [1.165, 1.54) is 7.11 Å². The van der Waals surface area contributed by atoms with Gasteiger partial charge in [-0.2, -0.15) is 0 Å². The van der Waals surface area contributed by atoms with Crippen LogP contribution in [0.25, 0.3) is 0 Å². The molecule has 28 heavy (non-hydrogen) atoms. The van der Waals surface area contributed by atoms with E-state index in [2.05, 4.69) is 5.32 Å². The molecule has 0 spiro atoms. The van der Waals surface area contributed by atoms with E-state index in [9.17, 15) is 9.59 Å². The zero-order chi connectivity index (χ0) is 19.9. The van der Waals surface area contributed by atoms with Crippen LogP contribution in [0.15, 0.2) is 72.8 Å². The van der Waals surface area contributed by atoms with E-state index < -0.39 is 5.97 Å². The van der Waals surface area contributed by atoms with Crippen LogP contribution in [0.4, 0.5) is 5.69 Å². The first-order valence-corrected chi connectivity index (χ1v) is 8.84. The number of ether oxygens (including phenoxy) is 2. The second-order valence-electron chi connectivity index (χ2n) is 6.25. The van der Waals surface area contributed by atoms with Crippen LogP contribution < -0.4 is 10.1 Å². The van der Waals surface area contributed by atoms with Crippen molar-refractivity contribution in [2.75, 3.05) is 12.4 Å². The van der Waals surface area contributed by atoms with Crippen LogP contribution >= 0.6 is 0 Å². The number of anilines is 1. The number of benzene rings is 3. The van der Waals surface area contributed by atoms with E-state index in [1.807, 2.05) is 43.3 Å². The highest BCUT2D eigenvalue weighted by Gasteiger charge is 2.15. The quantitative estimate of drug-likeness (QED) is 0.639. The molecule has 0 bridgehead atoms. The van der Waals surface area contributed by atoms with Crippen molar-refractivity contribution in [1.82, 2.24) is 0 Å². The molecule has 0 fully saturated rings. The number of esters is 1. The highest BCUT2D eigenvalue weighted by atomic mass is 16.5. The number of aryl methyl sites for hydroxylation is 1. The topological polar surface area (TPSA) is 64.6 Å². The lowest BCUT2D eigenvalue weighted by Gasteiger charge is -2.13. The van der Waals surface area contributed by atoms with Crippen LogP contribution in [0.2, 0.25) is 0 Å². The summed E-state index contributed by atoms with van der Waals surface area (Å²) in [6.45, 7) is 2.22. The molecule has 0 aliphatic carbocycles. The number of nitrogens with one attached hydrogen (secondary N) is 1. The Labute approximate surface area is 163 Å². The molecular weight excluding hydrogens is 354 g/mol. The van der Waals surface area contributed by atoms with E-state index in [1.54, 1.807) is 36.4 Å². The first kappa shape index (κ1) is 19.2. The third-order valence-corrected chi connectivity index (χ3v) is 4.28. The Balaban J connectivity index is 1.79. The predicted molar refractivity (Wildman–Crippen MR) is 108 cm³/mol. The van der Waals surface area contributed by atoms with Crippen LogP contribution in [0, 0.1) is 6.92 Å².